The Kier molecular flexibility index (Phi) is 6.01. The zero-order valence-electron chi connectivity index (χ0n) is 12.7. The molecule has 3 atom stereocenters. The van der Waals surface area contributed by atoms with Gasteiger partial charge in [0.2, 0.25) is 6.29 Å². The van der Waals surface area contributed by atoms with Crippen molar-refractivity contribution in [3.8, 4) is 5.75 Å². The van der Waals surface area contributed by atoms with E-state index in [1.807, 2.05) is 0 Å². The molecule has 7 heteroatoms. The molecule has 6 nitrogen and oxygen atoms in total. The van der Waals surface area contributed by atoms with Crippen LogP contribution in [0.5, 0.6) is 5.75 Å². The maximum absolute atomic E-state index is 11.1. The first-order chi connectivity index (χ1) is 10.9. The topological polar surface area (TPSA) is 71.1 Å². The van der Waals surface area contributed by atoms with Crippen molar-refractivity contribution in [2.24, 2.45) is 0 Å². The third-order valence-corrected chi connectivity index (χ3v) is 3.20. The molecule has 0 saturated carbocycles. The van der Waals surface area contributed by atoms with Crippen molar-refractivity contribution in [2.45, 2.75) is 32.3 Å². The van der Waals surface area contributed by atoms with E-state index in [1.165, 1.54) is 13.8 Å². The molecule has 1 heterocycles. The van der Waals surface area contributed by atoms with Gasteiger partial charge in [0.05, 0.1) is 0 Å². The van der Waals surface area contributed by atoms with Gasteiger partial charge in [-0.3, -0.25) is 9.59 Å². The third-order valence-electron chi connectivity index (χ3n) is 2.95. The molecule has 0 radical (unpaired) electrons. The van der Waals surface area contributed by atoms with Crippen molar-refractivity contribution in [1.82, 2.24) is 0 Å². The molecule has 0 unspecified atom stereocenters. The molecular formula is C16H17ClO6. The third kappa shape index (κ3) is 5.58. The number of hydrogen-bond acceptors (Lipinski definition) is 6. The Morgan fingerprint density at radius 3 is 2.43 bits per heavy atom. The molecule has 1 aliphatic rings. The Morgan fingerprint density at radius 2 is 1.83 bits per heavy atom. The molecule has 23 heavy (non-hydrogen) atoms. The molecule has 1 aromatic rings. The average Bonchev–Trinajstić information content (AvgIpc) is 2.49. The minimum Gasteiger partial charge on any atom is -0.463 e. The predicted octanol–water partition coefficient (Wildman–Crippen LogP) is 2.49. The highest BCUT2D eigenvalue weighted by atomic mass is 35.5. The number of rotatable bonds is 5. The van der Waals surface area contributed by atoms with Crippen LogP contribution < -0.4 is 4.74 Å². The first-order valence-electron chi connectivity index (χ1n) is 7.00. The van der Waals surface area contributed by atoms with E-state index in [9.17, 15) is 9.59 Å². The molecule has 2 rings (SSSR count). The van der Waals surface area contributed by atoms with Crippen LogP contribution >= 0.6 is 11.6 Å². The van der Waals surface area contributed by atoms with E-state index >= 15 is 0 Å². The molecular weight excluding hydrogens is 324 g/mol. The Morgan fingerprint density at radius 1 is 1.13 bits per heavy atom. The monoisotopic (exact) mass is 340 g/mol. The minimum atomic E-state index is -0.691. The highest BCUT2D eigenvalue weighted by molar-refractivity contribution is 6.30. The number of carbonyl (C=O) groups is 2. The van der Waals surface area contributed by atoms with E-state index in [1.54, 1.807) is 36.4 Å². The van der Waals surface area contributed by atoms with Crippen LogP contribution in [0.2, 0.25) is 5.02 Å². The van der Waals surface area contributed by atoms with Crippen molar-refractivity contribution in [3.63, 3.8) is 0 Å². The highest BCUT2D eigenvalue weighted by Crippen LogP contribution is 2.22. The zero-order valence-corrected chi connectivity index (χ0v) is 13.5. The molecule has 0 N–H and O–H groups in total. The normalized spacial score (nSPS) is 23.2. The number of halogens is 1. The molecule has 0 amide bonds. The SMILES string of the molecule is CC(=O)OC[C@H]1O[C@H](Oc2ccc(Cl)cc2)C=C[C@H]1OC(C)=O. The van der Waals surface area contributed by atoms with E-state index in [0.717, 1.165) is 0 Å². The fraction of sp³-hybridized carbons (Fsp3) is 0.375. The van der Waals surface area contributed by atoms with Gasteiger partial charge in [0.1, 0.15) is 24.6 Å². The quantitative estimate of drug-likeness (QED) is 0.606. The van der Waals surface area contributed by atoms with E-state index in [0.29, 0.717) is 10.8 Å². The molecule has 124 valence electrons. The summed E-state index contributed by atoms with van der Waals surface area (Å²) >= 11 is 5.82. The average molecular weight is 341 g/mol. The standard InChI is InChI=1S/C16H17ClO6/c1-10(18)20-9-15-14(21-11(2)19)7-8-16(23-15)22-13-5-3-12(17)4-6-13/h3-8,14-16H,9H2,1-2H3/t14-,15-,16+/m1/s1. The first kappa shape index (κ1) is 17.3. The van der Waals surface area contributed by atoms with Gasteiger partial charge in [0.25, 0.3) is 0 Å². The summed E-state index contributed by atoms with van der Waals surface area (Å²) < 4.78 is 21.4. The summed E-state index contributed by atoms with van der Waals surface area (Å²) in [5.74, 6) is -0.325. The van der Waals surface area contributed by atoms with E-state index in [4.69, 9.17) is 30.5 Å². The van der Waals surface area contributed by atoms with Crippen LogP contribution in [-0.4, -0.2) is 37.0 Å². The number of carbonyl (C=O) groups excluding carboxylic acids is 2. The fourth-order valence-corrected chi connectivity index (χ4v) is 2.10. The van der Waals surface area contributed by atoms with Crippen LogP contribution in [0.25, 0.3) is 0 Å². The van der Waals surface area contributed by atoms with Crippen LogP contribution in [0.3, 0.4) is 0 Å². The van der Waals surface area contributed by atoms with Gasteiger partial charge in [0, 0.05) is 18.9 Å². The van der Waals surface area contributed by atoms with Gasteiger partial charge >= 0.3 is 11.9 Å². The molecule has 0 aliphatic carbocycles. The maximum Gasteiger partial charge on any atom is 0.303 e. The Balaban J connectivity index is 2.03. The Bertz CT molecular complexity index is 583. The lowest BCUT2D eigenvalue weighted by Crippen LogP contribution is -2.42. The van der Waals surface area contributed by atoms with Crippen LogP contribution in [0.4, 0.5) is 0 Å². The second-order valence-electron chi connectivity index (χ2n) is 4.88. The summed E-state index contributed by atoms with van der Waals surface area (Å²) in [6.07, 6.45) is 1.30. The van der Waals surface area contributed by atoms with Crippen LogP contribution in [-0.2, 0) is 23.8 Å². The van der Waals surface area contributed by atoms with E-state index in [-0.39, 0.29) is 6.61 Å². The largest absolute Gasteiger partial charge is 0.463 e. The van der Waals surface area contributed by atoms with E-state index < -0.39 is 30.4 Å². The summed E-state index contributed by atoms with van der Waals surface area (Å²) in [5, 5.41) is 0.597. The molecule has 0 bridgehead atoms. The summed E-state index contributed by atoms with van der Waals surface area (Å²) in [6.45, 7) is 2.55. The van der Waals surface area contributed by atoms with Gasteiger partial charge in [-0.15, -0.1) is 0 Å². The van der Waals surface area contributed by atoms with Crippen molar-refractivity contribution >= 4 is 23.5 Å². The van der Waals surface area contributed by atoms with Gasteiger partial charge in [-0.25, -0.2) is 0 Å². The predicted molar refractivity (Wildman–Crippen MR) is 82.1 cm³/mol. The van der Waals surface area contributed by atoms with Crippen LogP contribution in [0.1, 0.15) is 13.8 Å². The van der Waals surface area contributed by atoms with Crippen molar-refractivity contribution in [1.29, 1.82) is 0 Å². The lowest BCUT2D eigenvalue weighted by Gasteiger charge is -2.31. The maximum atomic E-state index is 11.1. The summed E-state index contributed by atoms with van der Waals surface area (Å²) in [7, 11) is 0. The van der Waals surface area contributed by atoms with Crippen LogP contribution in [0, 0.1) is 0 Å². The summed E-state index contributed by atoms with van der Waals surface area (Å²) in [5.41, 5.74) is 0. The van der Waals surface area contributed by atoms with Crippen molar-refractivity contribution in [3.05, 3.63) is 41.4 Å². The molecule has 0 aromatic heterocycles. The summed E-state index contributed by atoms with van der Waals surface area (Å²) in [4.78, 5) is 22.1. The summed E-state index contributed by atoms with van der Waals surface area (Å²) in [6, 6.07) is 6.81. The van der Waals surface area contributed by atoms with Gasteiger partial charge in [-0.1, -0.05) is 11.6 Å². The first-order valence-corrected chi connectivity index (χ1v) is 7.38. The second-order valence-corrected chi connectivity index (χ2v) is 5.31. The lowest BCUT2D eigenvalue weighted by atomic mass is 10.1. The fourth-order valence-electron chi connectivity index (χ4n) is 1.97. The van der Waals surface area contributed by atoms with Gasteiger partial charge < -0.3 is 18.9 Å². The number of hydrogen-bond donors (Lipinski definition) is 0. The number of ether oxygens (including phenoxy) is 4. The van der Waals surface area contributed by atoms with Crippen molar-refractivity contribution in [2.75, 3.05) is 6.61 Å². The molecule has 0 saturated heterocycles. The Labute approximate surface area is 138 Å². The second kappa shape index (κ2) is 7.99. The molecule has 1 aromatic carbocycles. The zero-order chi connectivity index (χ0) is 16.8. The minimum absolute atomic E-state index is 0.0436. The number of esters is 2. The number of benzene rings is 1. The molecule has 0 fully saturated rings. The van der Waals surface area contributed by atoms with Gasteiger partial charge in [0.15, 0.2) is 0 Å². The molecule has 1 aliphatic heterocycles. The lowest BCUT2D eigenvalue weighted by molar-refractivity contribution is -0.178. The highest BCUT2D eigenvalue weighted by Gasteiger charge is 2.31. The van der Waals surface area contributed by atoms with Crippen molar-refractivity contribution < 1.29 is 28.5 Å². The van der Waals surface area contributed by atoms with E-state index in [2.05, 4.69) is 0 Å². The van der Waals surface area contributed by atoms with Crippen LogP contribution in [0.15, 0.2) is 36.4 Å². The van der Waals surface area contributed by atoms with Gasteiger partial charge in [-0.2, -0.15) is 0 Å². The Hall–Kier alpha value is -2.05. The van der Waals surface area contributed by atoms with Gasteiger partial charge in [-0.05, 0) is 36.4 Å². The smallest absolute Gasteiger partial charge is 0.303 e. The molecule has 0 spiro atoms.